The lowest BCUT2D eigenvalue weighted by Gasteiger charge is -2.40. The standard InChI is InChI=1S/C21H26Cl2N6O3/c1-21(27-16(30)6-3-7-17(31)28-32)8-10-29(11-9-21)15-12-25-19(20(24)26-15)13-4-2-5-14(22)18(13)23/h2,4-5,12,32H,3,6-11H2,1H3,(H2,24,26)(H,27,30)(H,28,31). The molecule has 0 saturated carbocycles. The number of piperidine rings is 1. The number of nitrogens with one attached hydrogen (secondary N) is 2. The summed E-state index contributed by atoms with van der Waals surface area (Å²) in [7, 11) is 0. The molecular weight excluding hydrogens is 455 g/mol. The lowest BCUT2D eigenvalue weighted by atomic mass is 9.89. The molecule has 1 fully saturated rings. The van der Waals surface area contributed by atoms with Crippen LogP contribution in [0.15, 0.2) is 24.4 Å². The Labute approximate surface area is 196 Å². The molecule has 1 saturated heterocycles. The molecule has 2 aromatic rings. The van der Waals surface area contributed by atoms with Gasteiger partial charge in [-0.25, -0.2) is 15.4 Å². The van der Waals surface area contributed by atoms with Gasteiger partial charge in [-0.15, -0.1) is 0 Å². The Bertz CT molecular complexity index is 995. The van der Waals surface area contributed by atoms with Crippen molar-refractivity contribution in [1.29, 1.82) is 0 Å². The zero-order valence-corrected chi connectivity index (χ0v) is 19.2. The third-order valence-electron chi connectivity index (χ3n) is 5.56. The molecule has 5 N–H and O–H groups in total. The summed E-state index contributed by atoms with van der Waals surface area (Å²) in [5.41, 5.74) is 8.49. The number of nitrogens with two attached hydrogens (primary N) is 1. The van der Waals surface area contributed by atoms with Crippen molar-refractivity contribution < 1.29 is 14.8 Å². The third-order valence-corrected chi connectivity index (χ3v) is 6.38. The Kier molecular flexibility index (Phi) is 7.76. The quantitative estimate of drug-likeness (QED) is 0.353. The Hall–Kier alpha value is -2.62. The van der Waals surface area contributed by atoms with Crippen LogP contribution in [0.2, 0.25) is 10.0 Å². The molecule has 172 valence electrons. The molecule has 0 aliphatic carbocycles. The SMILES string of the molecule is CC1(NC(=O)CCCC(=O)NO)CCN(c2cnc(-c3cccc(Cl)c3Cl)c(N)n2)CC1. The number of hydrogen-bond acceptors (Lipinski definition) is 7. The number of rotatable bonds is 7. The van der Waals surface area contributed by atoms with Crippen molar-refractivity contribution in [1.82, 2.24) is 20.8 Å². The first-order chi connectivity index (χ1) is 15.2. The molecule has 1 aliphatic heterocycles. The van der Waals surface area contributed by atoms with Crippen molar-refractivity contribution in [3.8, 4) is 11.3 Å². The number of benzene rings is 1. The molecule has 2 heterocycles. The van der Waals surface area contributed by atoms with Crippen LogP contribution in [0.25, 0.3) is 11.3 Å². The van der Waals surface area contributed by atoms with Gasteiger partial charge >= 0.3 is 0 Å². The van der Waals surface area contributed by atoms with Crippen molar-refractivity contribution in [2.45, 2.75) is 44.6 Å². The molecule has 11 heteroatoms. The first-order valence-electron chi connectivity index (χ1n) is 10.3. The van der Waals surface area contributed by atoms with Gasteiger partial charge in [0.05, 0.1) is 16.2 Å². The Morgan fingerprint density at radius 3 is 2.56 bits per heavy atom. The average Bonchev–Trinajstić information content (AvgIpc) is 2.76. The molecule has 0 bridgehead atoms. The van der Waals surface area contributed by atoms with Gasteiger partial charge in [0.25, 0.3) is 0 Å². The second kappa shape index (κ2) is 10.3. The highest BCUT2D eigenvalue weighted by Crippen LogP contribution is 2.35. The van der Waals surface area contributed by atoms with Gasteiger partial charge in [0.2, 0.25) is 11.8 Å². The van der Waals surface area contributed by atoms with Crippen LogP contribution < -0.4 is 21.4 Å². The highest BCUT2D eigenvalue weighted by molar-refractivity contribution is 6.43. The molecule has 32 heavy (non-hydrogen) atoms. The van der Waals surface area contributed by atoms with Crippen molar-refractivity contribution >= 4 is 46.7 Å². The number of carbonyl (C=O) groups excluding carboxylic acids is 2. The van der Waals surface area contributed by atoms with Gasteiger partial charge < -0.3 is 16.0 Å². The van der Waals surface area contributed by atoms with Crippen LogP contribution in [0.5, 0.6) is 0 Å². The van der Waals surface area contributed by atoms with Gasteiger partial charge in [0.15, 0.2) is 5.82 Å². The topological polar surface area (TPSA) is 133 Å². The van der Waals surface area contributed by atoms with Crippen LogP contribution in [0.4, 0.5) is 11.6 Å². The van der Waals surface area contributed by atoms with Crippen LogP contribution >= 0.6 is 23.2 Å². The van der Waals surface area contributed by atoms with Gasteiger partial charge in [-0.1, -0.05) is 35.3 Å². The van der Waals surface area contributed by atoms with Crippen molar-refractivity contribution in [3.63, 3.8) is 0 Å². The molecule has 1 aliphatic rings. The molecule has 9 nitrogen and oxygen atoms in total. The predicted molar refractivity (Wildman–Crippen MR) is 124 cm³/mol. The van der Waals surface area contributed by atoms with E-state index in [0.717, 1.165) is 12.8 Å². The summed E-state index contributed by atoms with van der Waals surface area (Å²) in [5.74, 6) is 0.313. The van der Waals surface area contributed by atoms with Crippen molar-refractivity contribution in [2.75, 3.05) is 23.7 Å². The van der Waals surface area contributed by atoms with Gasteiger partial charge in [-0.05, 0) is 32.3 Å². The minimum absolute atomic E-state index is 0.102. The predicted octanol–water partition coefficient (Wildman–Crippen LogP) is 3.18. The number of halogens is 2. The van der Waals surface area contributed by atoms with E-state index in [0.29, 0.717) is 46.6 Å². The number of nitrogens with zero attached hydrogens (tertiary/aromatic N) is 3. The number of anilines is 2. The summed E-state index contributed by atoms with van der Waals surface area (Å²) in [6.45, 7) is 3.36. The molecule has 3 rings (SSSR count). The van der Waals surface area contributed by atoms with Crippen LogP contribution in [-0.2, 0) is 9.59 Å². The van der Waals surface area contributed by atoms with Crippen LogP contribution in [0.3, 0.4) is 0 Å². The van der Waals surface area contributed by atoms with E-state index in [2.05, 4.69) is 20.2 Å². The molecule has 1 aromatic carbocycles. The number of hydrogen-bond donors (Lipinski definition) is 4. The van der Waals surface area contributed by atoms with E-state index in [9.17, 15) is 9.59 Å². The summed E-state index contributed by atoms with van der Waals surface area (Å²) in [6, 6.07) is 5.26. The first-order valence-corrected chi connectivity index (χ1v) is 11.0. The highest BCUT2D eigenvalue weighted by atomic mass is 35.5. The summed E-state index contributed by atoms with van der Waals surface area (Å²) in [5, 5.41) is 12.4. The minimum Gasteiger partial charge on any atom is -0.382 e. The van der Waals surface area contributed by atoms with E-state index in [1.165, 1.54) is 0 Å². The molecule has 0 unspecified atom stereocenters. The van der Waals surface area contributed by atoms with Gasteiger partial charge in [-0.2, -0.15) is 0 Å². The van der Waals surface area contributed by atoms with Gasteiger partial charge in [-0.3, -0.25) is 14.8 Å². The number of hydroxylamine groups is 1. The fraction of sp³-hybridized carbons (Fsp3) is 0.429. The summed E-state index contributed by atoms with van der Waals surface area (Å²) in [4.78, 5) is 34.3. The van der Waals surface area contributed by atoms with Crippen LogP contribution in [0.1, 0.15) is 39.0 Å². The lowest BCUT2D eigenvalue weighted by molar-refractivity contribution is -0.129. The molecule has 1 aromatic heterocycles. The zero-order chi connectivity index (χ0) is 23.3. The lowest BCUT2D eigenvalue weighted by Crippen LogP contribution is -2.53. The van der Waals surface area contributed by atoms with E-state index in [1.54, 1.807) is 29.9 Å². The maximum absolute atomic E-state index is 12.2. The summed E-state index contributed by atoms with van der Waals surface area (Å²) >= 11 is 12.4. The normalized spacial score (nSPS) is 15.3. The molecule has 2 amide bonds. The fourth-order valence-electron chi connectivity index (χ4n) is 3.66. The van der Waals surface area contributed by atoms with E-state index in [-0.39, 0.29) is 30.1 Å². The Morgan fingerprint density at radius 2 is 1.91 bits per heavy atom. The van der Waals surface area contributed by atoms with Crippen LogP contribution in [-0.4, -0.2) is 45.6 Å². The van der Waals surface area contributed by atoms with E-state index in [4.69, 9.17) is 34.1 Å². The number of aromatic nitrogens is 2. The van der Waals surface area contributed by atoms with E-state index >= 15 is 0 Å². The molecule has 0 atom stereocenters. The zero-order valence-electron chi connectivity index (χ0n) is 17.7. The number of carbonyl (C=O) groups is 2. The molecule has 0 spiro atoms. The third kappa shape index (κ3) is 5.79. The average molecular weight is 481 g/mol. The fourth-order valence-corrected chi connectivity index (χ4v) is 4.05. The Morgan fingerprint density at radius 1 is 1.22 bits per heavy atom. The van der Waals surface area contributed by atoms with Crippen molar-refractivity contribution in [3.05, 3.63) is 34.4 Å². The second-order valence-corrected chi connectivity index (χ2v) is 8.83. The smallest absolute Gasteiger partial charge is 0.243 e. The van der Waals surface area contributed by atoms with E-state index in [1.807, 2.05) is 6.92 Å². The number of nitrogen functional groups attached to an aromatic ring is 1. The molecular formula is C21H26Cl2N6O3. The number of amides is 2. The Balaban J connectivity index is 1.59. The van der Waals surface area contributed by atoms with Gasteiger partial charge in [0, 0.05) is 37.0 Å². The second-order valence-electron chi connectivity index (χ2n) is 8.05. The van der Waals surface area contributed by atoms with Crippen LogP contribution in [0, 0.1) is 0 Å². The maximum Gasteiger partial charge on any atom is 0.243 e. The summed E-state index contributed by atoms with van der Waals surface area (Å²) < 4.78 is 0. The van der Waals surface area contributed by atoms with Gasteiger partial charge in [0.1, 0.15) is 11.5 Å². The molecule has 0 radical (unpaired) electrons. The maximum atomic E-state index is 12.2. The monoisotopic (exact) mass is 480 g/mol. The van der Waals surface area contributed by atoms with Crippen molar-refractivity contribution in [2.24, 2.45) is 0 Å². The summed E-state index contributed by atoms with van der Waals surface area (Å²) in [6.07, 6.45) is 3.81. The largest absolute Gasteiger partial charge is 0.382 e. The highest BCUT2D eigenvalue weighted by Gasteiger charge is 2.32. The first kappa shape index (κ1) is 24.0. The minimum atomic E-state index is -0.499. The van der Waals surface area contributed by atoms with E-state index < -0.39 is 5.91 Å².